The number of nitro benzene ring substituents is 1. The molecule has 8 heteroatoms. The average molecular weight is 287 g/mol. The van der Waals surface area contributed by atoms with Crippen LogP contribution in [0.5, 0.6) is 0 Å². The summed E-state index contributed by atoms with van der Waals surface area (Å²) in [5.74, 6) is 0. The highest BCUT2D eigenvalue weighted by molar-refractivity contribution is 7.89. The second kappa shape index (κ2) is 7.17. The van der Waals surface area contributed by atoms with Crippen molar-refractivity contribution in [2.45, 2.75) is 18.2 Å². The molecule has 106 valence electrons. The van der Waals surface area contributed by atoms with Gasteiger partial charge in [-0.05, 0) is 25.6 Å². The van der Waals surface area contributed by atoms with E-state index in [0.29, 0.717) is 13.0 Å². The molecule has 0 atom stereocenters. The molecule has 0 aliphatic heterocycles. The van der Waals surface area contributed by atoms with Crippen LogP contribution in [-0.4, -0.2) is 33.0 Å². The van der Waals surface area contributed by atoms with Crippen LogP contribution < -0.4 is 10.0 Å². The Kier molecular flexibility index (Phi) is 5.87. The number of hydrogen-bond acceptors (Lipinski definition) is 5. The first-order valence-electron chi connectivity index (χ1n) is 5.93. The molecule has 0 saturated carbocycles. The van der Waals surface area contributed by atoms with Gasteiger partial charge in [-0.15, -0.1) is 0 Å². The molecule has 0 spiro atoms. The number of sulfonamides is 1. The zero-order chi connectivity index (χ0) is 14.3. The highest BCUT2D eigenvalue weighted by Gasteiger charge is 2.24. The molecule has 1 rings (SSSR count). The van der Waals surface area contributed by atoms with Gasteiger partial charge < -0.3 is 5.32 Å². The molecule has 1 aromatic rings. The quantitative estimate of drug-likeness (QED) is 0.420. The Morgan fingerprint density at radius 1 is 1.26 bits per heavy atom. The molecular weight excluding hydrogens is 270 g/mol. The Balaban J connectivity index is 2.75. The summed E-state index contributed by atoms with van der Waals surface area (Å²) in [6.07, 6.45) is 0.619. The molecule has 0 aliphatic carbocycles. The van der Waals surface area contributed by atoms with Gasteiger partial charge in [-0.25, -0.2) is 13.1 Å². The van der Waals surface area contributed by atoms with Gasteiger partial charge in [0, 0.05) is 12.6 Å². The van der Waals surface area contributed by atoms with Crippen molar-refractivity contribution in [1.82, 2.24) is 10.0 Å². The second-order valence-corrected chi connectivity index (χ2v) is 5.57. The minimum Gasteiger partial charge on any atom is -0.317 e. The van der Waals surface area contributed by atoms with E-state index in [1.807, 2.05) is 6.92 Å². The summed E-state index contributed by atoms with van der Waals surface area (Å²) in [6.45, 7) is 3.70. The lowest BCUT2D eigenvalue weighted by Gasteiger charge is -2.07. The summed E-state index contributed by atoms with van der Waals surface area (Å²) in [5.41, 5.74) is -0.415. The summed E-state index contributed by atoms with van der Waals surface area (Å²) in [6, 6.07) is 5.29. The molecule has 7 nitrogen and oxygen atoms in total. The van der Waals surface area contributed by atoms with E-state index in [-0.39, 0.29) is 11.4 Å². The summed E-state index contributed by atoms with van der Waals surface area (Å²) < 4.78 is 26.3. The maximum atomic E-state index is 12.0. The molecule has 0 heterocycles. The molecule has 0 radical (unpaired) electrons. The number of nitro groups is 1. The predicted octanol–water partition coefficient (Wildman–Crippen LogP) is 0.873. The van der Waals surface area contributed by atoms with Crippen LogP contribution >= 0.6 is 0 Å². The minimum absolute atomic E-state index is 0.237. The normalized spacial score (nSPS) is 11.4. The number of hydrogen-bond donors (Lipinski definition) is 2. The fourth-order valence-electron chi connectivity index (χ4n) is 1.51. The van der Waals surface area contributed by atoms with E-state index in [9.17, 15) is 18.5 Å². The smallest absolute Gasteiger partial charge is 0.289 e. The summed E-state index contributed by atoms with van der Waals surface area (Å²) >= 11 is 0. The molecule has 0 aliphatic rings. The first kappa shape index (κ1) is 15.5. The van der Waals surface area contributed by atoms with Crippen molar-refractivity contribution >= 4 is 15.7 Å². The van der Waals surface area contributed by atoms with Crippen LogP contribution in [0.15, 0.2) is 29.2 Å². The summed E-state index contributed by atoms with van der Waals surface area (Å²) in [7, 11) is -3.84. The van der Waals surface area contributed by atoms with Crippen LogP contribution in [0, 0.1) is 10.1 Å². The SMILES string of the molecule is CCNCCCNS(=O)(=O)c1ccccc1[N+](=O)[O-]. The van der Waals surface area contributed by atoms with Crippen molar-refractivity contribution in [3.05, 3.63) is 34.4 Å². The van der Waals surface area contributed by atoms with Gasteiger partial charge in [-0.2, -0.15) is 0 Å². The van der Waals surface area contributed by atoms with Crippen LogP contribution in [0.25, 0.3) is 0 Å². The van der Waals surface area contributed by atoms with E-state index in [0.717, 1.165) is 6.54 Å². The van der Waals surface area contributed by atoms with Gasteiger partial charge in [0.25, 0.3) is 5.69 Å². The van der Waals surface area contributed by atoms with E-state index in [1.54, 1.807) is 0 Å². The van der Waals surface area contributed by atoms with E-state index in [4.69, 9.17) is 0 Å². The van der Waals surface area contributed by atoms with Crippen molar-refractivity contribution in [3.63, 3.8) is 0 Å². The molecule has 2 N–H and O–H groups in total. The van der Waals surface area contributed by atoms with Crippen molar-refractivity contribution in [2.24, 2.45) is 0 Å². The summed E-state index contributed by atoms with van der Waals surface area (Å²) in [5, 5.41) is 13.8. The highest BCUT2D eigenvalue weighted by atomic mass is 32.2. The standard InChI is InChI=1S/C11H17N3O4S/c1-2-12-8-5-9-13-19(17,18)11-7-4-3-6-10(11)14(15)16/h3-4,6-7,12-13H,2,5,8-9H2,1H3. The third-order valence-electron chi connectivity index (χ3n) is 2.42. The van der Waals surface area contributed by atoms with Crippen molar-refractivity contribution in [1.29, 1.82) is 0 Å². The van der Waals surface area contributed by atoms with Gasteiger partial charge in [-0.1, -0.05) is 19.1 Å². The monoisotopic (exact) mass is 287 g/mol. The molecule has 1 aromatic carbocycles. The fraction of sp³-hybridized carbons (Fsp3) is 0.455. The molecule has 0 fully saturated rings. The Hall–Kier alpha value is -1.51. The second-order valence-electron chi connectivity index (χ2n) is 3.83. The first-order valence-corrected chi connectivity index (χ1v) is 7.41. The lowest BCUT2D eigenvalue weighted by molar-refractivity contribution is -0.387. The maximum absolute atomic E-state index is 12.0. The van der Waals surface area contributed by atoms with Gasteiger partial charge in [0.05, 0.1) is 4.92 Å². The molecule has 0 amide bonds. The first-order chi connectivity index (χ1) is 8.99. The predicted molar refractivity (Wildman–Crippen MR) is 71.4 cm³/mol. The Labute approximate surface area is 112 Å². The molecule has 0 saturated heterocycles. The van der Waals surface area contributed by atoms with Crippen LogP contribution in [0.2, 0.25) is 0 Å². The van der Waals surface area contributed by atoms with E-state index >= 15 is 0 Å². The van der Waals surface area contributed by atoms with Gasteiger partial charge >= 0.3 is 0 Å². The van der Waals surface area contributed by atoms with Gasteiger partial charge in [0.1, 0.15) is 0 Å². The highest BCUT2D eigenvalue weighted by Crippen LogP contribution is 2.22. The number of nitrogens with zero attached hydrogens (tertiary/aromatic N) is 1. The number of nitrogens with one attached hydrogen (secondary N) is 2. The maximum Gasteiger partial charge on any atom is 0.289 e. The average Bonchev–Trinajstić information content (AvgIpc) is 2.38. The Bertz CT molecular complexity index is 530. The Morgan fingerprint density at radius 3 is 2.58 bits per heavy atom. The minimum atomic E-state index is -3.84. The van der Waals surface area contributed by atoms with Crippen LogP contribution in [0.4, 0.5) is 5.69 Å². The zero-order valence-corrected chi connectivity index (χ0v) is 11.4. The van der Waals surface area contributed by atoms with Gasteiger partial charge in [-0.3, -0.25) is 10.1 Å². The zero-order valence-electron chi connectivity index (χ0n) is 10.6. The topological polar surface area (TPSA) is 101 Å². The van der Waals surface area contributed by atoms with Crippen LogP contribution in [0.3, 0.4) is 0 Å². The molecule has 19 heavy (non-hydrogen) atoms. The number of para-hydroxylation sites is 1. The van der Waals surface area contributed by atoms with Crippen molar-refractivity contribution in [3.8, 4) is 0 Å². The lowest BCUT2D eigenvalue weighted by atomic mass is 10.3. The third kappa shape index (κ3) is 4.58. The largest absolute Gasteiger partial charge is 0.317 e. The molecule has 0 unspecified atom stereocenters. The van der Waals surface area contributed by atoms with Crippen molar-refractivity contribution < 1.29 is 13.3 Å². The van der Waals surface area contributed by atoms with E-state index in [1.165, 1.54) is 24.3 Å². The van der Waals surface area contributed by atoms with E-state index in [2.05, 4.69) is 10.0 Å². The third-order valence-corrected chi connectivity index (χ3v) is 3.93. The number of benzene rings is 1. The molecule has 0 aromatic heterocycles. The van der Waals surface area contributed by atoms with Crippen LogP contribution in [-0.2, 0) is 10.0 Å². The Morgan fingerprint density at radius 2 is 1.95 bits per heavy atom. The lowest BCUT2D eigenvalue weighted by Crippen LogP contribution is -2.28. The fourth-order valence-corrected chi connectivity index (χ4v) is 2.75. The van der Waals surface area contributed by atoms with Crippen molar-refractivity contribution in [2.75, 3.05) is 19.6 Å². The summed E-state index contributed by atoms with van der Waals surface area (Å²) in [4.78, 5) is 9.78. The van der Waals surface area contributed by atoms with Gasteiger partial charge in [0.15, 0.2) is 4.90 Å². The molecule has 0 bridgehead atoms. The number of rotatable bonds is 8. The van der Waals surface area contributed by atoms with Crippen LogP contribution in [0.1, 0.15) is 13.3 Å². The van der Waals surface area contributed by atoms with Gasteiger partial charge in [0.2, 0.25) is 10.0 Å². The molecular formula is C11H17N3O4S. The van der Waals surface area contributed by atoms with E-state index < -0.39 is 20.6 Å².